The van der Waals surface area contributed by atoms with E-state index in [4.69, 9.17) is 51.1 Å². The zero-order valence-corrected chi connectivity index (χ0v) is 76.4. The first-order chi connectivity index (χ1) is 53.5. The number of aliphatic hydroxyl groups excluding tert-OH is 10. The summed E-state index contributed by atoms with van der Waals surface area (Å²) >= 11 is 0. The first-order valence-electron chi connectivity index (χ1n) is 33.8. The second kappa shape index (κ2) is 239. The van der Waals surface area contributed by atoms with Gasteiger partial charge in [-0.2, -0.15) is 0 Å². The number of carbonyl (C=O) groups is 7. The predicted octanol–water partition coefficient (Wildman–Crippen LogP) is -13.1. The predicted molar refractivity (Wildman–Crippen MR) is 467 cm³/mol. The number of pyridine rings is 1. The first kappa shape index (κ1) is 187. The number of nitrogens with zero attached hydrogens (tertiary/aromatic N) is 4. The lowest BCUT2D eigenvalue weighted by Gasteiger charge is -2.29. The van der Waals surface area contributed by atoms with E-state index in [1.165, 1.54) is 201 Å². The van der Waals surface area contributed by atoms with Gasteiger partial charge in [0, 0.05) is 87.9 Å². The van der Waals surface area contributed by atoms with Gasteiger partial charge in [0.1, 0.15) is 37.1 Å². The lowest BCUT2D eigenvalue weighted by atomic mass is 10.3. The molecule has 1 aromatic rings. The molecule has 6 atom stereocenters. The third-order valence-electron chi connectivity index (χ3n) is 7.83. The van der Waals surface area contributed by atoms with Gasteiger partial charge in [-0.1, -0.05) is 20.8 Å². The van der Waals surface area contributed by atoms with Gasteiger partial charge in [-0.05, 0) is 187 Å². The zero-order chi connectivity index (χ0) is 97.8. The highest BCUT2D eigenvalue weighted by Crippen LogP contribution is 2.06. The van der Waals surface area contributed by atoms with E-state index >= 15 is 0 Å². The topological polar surface area (TPSA) is 930 Å². The van der Waals surface area contributed by atoms with Gasteiger partial charge in [-0.25, -0.2) is 0 Å². The smallest absolute Gasteiger partial charge is 0.314 e. The molecule has 112 heavy (non-hydrogen) atoms. The van der Waals surface area contributed by atoms with E-state index in [0.29, 0.717) is 0 Å². The molecule has 3 rings (SSSR count). The summed E-state index contributed by atoms with van der Waals surface area (Å²) in [5.41, 5.74) is 86.7. The number of epoxide rings is 1. The number of amides is 3. The van der Waals surface area contributed by atoms with Crippen LogP contribution in [0.3, 0.4) is 0 Å². The Balaban J connectivity index is -0.0000000273. The molecule has 706 valence electrons. The Kier molecular flexibility index (Phi) is 399. The van der Waals surface area contributed by atoms with Gasteiger partial charge in [0.05, 0.1) is 52.5 Å². The van der Waals surface area contributed by atoms with E-state index in [1.54, 1.807) is 47.6 Å². The number of aliphatic hydroxyl groups is 10. The van der Waals surface area contributed by atoms with Crippen LogP contribution in [0.1, 0.15) is 68.2 Å². The number of anilines is 1. The molecule has 2 fully saturated rings. The lowest BCUT2D eigenvalue weighted by Crippen LogP contribution is -2.49. The number of nitrogens with two attached hydrogens (primary N) is 19. The van der Waals surface area contributed by atoms with E-state index < -0.39 is 68.1 Å². The highest BCUT2D eigenvalue weighted by molar-refractivity contribution is 5.92. The summed E-state index contributed by atoms with van der Waals surface area (Å²) in [4.78, 5) is 78.0. The third-order valence-corrected chi connectivity index (χ3v) is 7.83. The number of carbonyl (C=O) groups excluding carboxylic acids is 7. The Morgan fingerprint density at radius 2 is 0.670 bits per heavy atom. The Labute approximate surface area is 678 Å². The maximum absolute atomic E-state index is 10.0. The molecule has 2 saturated heterocycles. The van der Waals surface area contributed by atoms with E-state index in [2.05, 4.69) is 180 Å². The highest BCUT2D eigenvalue weighted by Gasteiger charge is 2.24. The molecule has 1 aromatic heterocycles. The van der Waals surface area contributed by atoms with Crippen molar-refractivity contribution >= 4 is 47.3 Å². The number of hydrogen-bond donors (Lipinski definition) is 34. The minimum Gasteiger partial charge on any atom is -0.394 e. The van der Waals surface area contributed by atoms with Crippen molar-refractivity contribution in [2.24, 2.45) is 109 Å². The van der Waals surface area contributed by atoms with Gasteiger partial charge in [0.15, 0.2) is 0 Å². The molecule has 0 radical (unpaired) electrons. The van der Waals surface area contributed by atoms with Crippen molar-refractivity contribution in [2.75, 3.05) is 254 Å². The van der Waals surface area contributed by atoms with Crippen molar-refractivity contribution < 1.29 is 98.8 Å². The molecule has 2 aliphatic heterocycles. The van der Waals surface area contributed by atoms with Gasteiger partial charge in [0.2, 0.25) is 17.7 Å². The van der Waals surface area contributed by atoms with Crippen molar-refractivity contribution in [2.45, 2.75) is 105 Å². The van der Waals surface area contributed by atoms with Crippen molar-refractivity contribution in [1.29, 1.82) is 0 Å². The van der Waals surface area contributed by atoms with Crippen molar-refractivity contribution in [3.8, 4) is 0 Å². The number of likely N-dealkylation sites (N-methyl/N-ethyl adjacent to an activating group) is 3. The fourth-order valence-corrected chi connectivity index (χ4v) is 2.98. The Hall–Kier alpha value is -5.72. The molecular formula is C64H190N28O20. The summed E-state index contributed by atoms with van der Waals surface area (Å²) in [6.45, 7) is 16.3. The van der Waals surface area contributed by atoms with Crippen LogP contribution < -0.4 is 140 Å². The van der Waals surface area contributed by atoms with Crippen molar-refractivity contribution in [1.82, 2.24) is 41.4 Å². The van der Waals surface area contributed by atoms with Crippen LogP contribution in [0.15, 0.2) is 24.5 Å². The molecule has 53 N–H and O–H groups in total. The van der Waals surface area contributed by atoms with E-state index in [9.17, 15) is 33.6 Å². The van der Waals surface area contributed by atoms with Crippen LogP contribution in [0.4, 0.5) is 5.69 Å². The Morgan fingerprint density at radius 3 is 0.741 bits per heavy atom. The fourth-order valence-electron chi connectivity index (χ4n) is 2.98. The number of ether oxygens (including phenoxy) is 3. The molecule has 6 unspecified atom stereocenters. The number of cyclic esters (lactones) is 2. The van der Waals surface area contributed by atoms with Crippen LogP contribution in [0.5, 0.6) is 0 Å². The molecule has 0 aliphatic carbocycles. The van der Waals surface area contributed by atoms with Crippen LogP contribution in [0.2, 0.25) is 0 Å². The number of esters is 4. The molecule has 0 bridgehead atoms. The number of nitrogens with one attached hydrogen (secondary N) is 5. The Bertz CT molecular complexity index is 1430. The molecule has 0 saturated carbocycles. The van der Waals surface area contributed by atoms with Gasteiger partial charge in [-0.15, -0.1) is 0 Å². The van der Waals surface area contributed by atoms with E-state index in [1.807, 2.05) is 31.1 Å². The van der Waals surface area contributed by atoms with Crippen LogP contribution >= 0.6 is 0 Å². The molecule has 2 aliphatic rings. The summed E-state index contributed by atoms with van der Waals surface area (Å²) in [6, 6.07) is 3.94. The van der Waals surface area contributed by atoms with E-state index in [-0.39, 0.29) is 56.5 Å². The summed E-state index contributed by atoms with van der Waals surface area (Å²) < 4.78 is 12.7. The number of hydrogen-bond acceptors (Lipinski definition) is 45. The molecule has 3 heterocycles. The second-order valence-electron chi connectivity index (χ2n) is 14.2. The van der Waals surface area contributed by atoms with Crippen molar-refractivity contribution in [3.05, 3.63) is 24.5 Å². The monoisotopic (exact) mass is 1670 g/mol. The quantitative estimate of drug-likeness (QED) is 0.0356. The summed E-state index contributed by atoms with van der Waals surface area (Å²) in [5, 5.41) is 96.6. The molecular weight excluding hydrogens is 1480 g/mol. The Morgan fingerprint density at radius 1 is 0.446 bits per heavy atom. The summed E-state index contributed by atoms with van der Waals surface area (Å²) in [6.07, 6.45) is -1.22. The molecule has 48 nitrogen and oxygen atoms in total. The summed E-state index contributed by atoms with van der Waals surface area (Å²) in [7, 11) is 41.8. The maximum atomic E-state index is 10.0. The van der Waals surface area contributed by atoms with Crippen LogP contribution in [0.25, 0.3) is 0 Å². The molecule has 3 amide bonds. The van der Waals surface area contributed by atoms with E-state index in [0.717, 1.165) is 11.5 Å². The van der Waals surface area contributed by atoms with Gasteiger partial charge in [0.25, 0.3) is 0 Å². The van der Waals surface area contributed by atoms with Crippen molar-refractivity contribution in [3.63, 3.8) is 0 Å². The van der Waals surface area contributed by atoms with Crippen LogP contribution in [-0.2, 0) is 47.8 Å². The van der Waals surface area contributed by atoms with Gasteiger partial charge in [-0.3, -0.25) is 54.1 Å². The average Bonchev–Trinajstić information content (AvgIpc) is 1.02. The average molecular weight is 1670 g/mol. The van der Waals surface area contributed by atoms with Crippen LogP contribution in [-0.4, -0.2) is 394 Å². The molecule has 0 aromatic carbocycles. The zero-order valence-electron chi connectivity index (χ0n) is 76.4. The SMILES string of the molecule is CC(=O)OC(C)=O.CCN(CC)CC.CN.CN.CN.CN.CN.CN.CN.CN.CN.CN.CN.CN.CN.CN.CN.CN.CN.CN.CN.CN(C(O)CO)C(O)C(O)CO.CN(C)c1ccncc1.CNC(C)=O.CNC(C)=O.CNC(C)=O.CNC(O)CO.CNC(O)CO.O=C1CCC(=O)O1.OCC1CO1. The minimum absolute atomic E-state index is 0.00463. The highest BCUT2D eigenvalue weighted by atomic mass is 16.6. The lowest BCUT2D eigenvalue weighted by molar-refractivity contribution is -0.157. The van der Waals surface area contributed by atoms with Gasteiger partial charge < -0.3 is 200 Å². The number of rotatable bonds is 14. The van der Waals surface area contributed by atoms with Gasteiger partial charge >= 0.3 is 23.9 Å². The standard InChI is InChI=1S/C7H10N2.C6H15NO5.C6H15N.C4H4O3.C4H6O3.2C3H9NO2.3C3H7NO.C3H6O2.19CH5N/c1-9(2)7-3-5-8-6-4-7;1-7(5(11)3-9)6(12)4(10)2-8;1-4-7(5-2)6-3;5-3-1-2-4(6)7-3;1-3(5)7-4(2)6;2*1-4-3(6)2-5;3*1-3(5)4-2;4-1-3-2-5-3;19*1-2/h3-6H,1-2H3;4-6,8-12H,2-3H2,1H3;4-6H2,1-3H3;1-2H2;1-2H3;2*3-6H,2H2,1H3;3*1-2H3,(H,4,5);3-4H,1-2H2;19*2H2,1H3. The van der Waals surface area contributed by atoms with Crippen LogP contribution in [0, 0.1) is 0 Å². The first-order valence-corrected chi connectivity index (χ1v) is 33.8. The molecule has 48 heteroatoms. The fraction of sp³-hybridized carbons (Fsp3) is 0.812. The minimum atomic E-state index is -1.39. The molecule has 0 spiro atoms. The third kappa shape index (κ3) is 306. The maximum Gasteiger partial charge on any atom is 0.314 e. The normalized spacial score (nSPS) is 10.2. The number of aromatic nitrogens is 1. The summed E-state index contributed by atoms with van der Waals surface area (Å²) in [5.74, 6) is -1.91. The largest absolute Gasteiger partial charge is 0.394 e. The second-order valence-corrected chi connectivity index (χ2v) is 14.2.